The Morgan fingerprint density at radius 3 is 2.52 bits per heavy atom. The minimum absolute atomic E-state index is 0.0200. The van der Waals surface area contributed by atoms with Crippen molar-refractivity contribution in [1.82, 2.24) is 15.3 Å². The lowest BCUT2D eigenvalue weighted by Gasteiger charge is -2.31. The molecule has 31 heavy (non-hydrogen) atoms. The van der Waals surface area contributed by atoms with Crippen molar-refractivity contribution in [1.29, 1.82) is 0 Å². The molecule has 0 aliphatic carbocycles. The number of aromatic amines is 1. The fraction of sp³-hybridized carbons (Fsp3) is 0.304. The molecule has 8 nitrogen and oxygen atoms in total. The zero-order chi connectivity index (χ0) is 22.4. The van der Waals surface area contributed by atoms with Crippen LogP contribution < -0.4 is 26.6 Å². The number of H-pyrrole nitrogens is 1. The van der Waals surface area contributed by atoms with E-state index in [9.17, 15) is 10.0 Å². The molecule has 0 aliphatic heterocycles. The number of aromatic nitrogens is 2. The van der Waals surface area contributed by atoms with Crippen LogP contribution in [0.25, 0.3) is 11.3 Å². The third-order valence-electron chi connectivity index (χ3n) is 4.83. The third-order valence-corrected chi connectivity index (χ3v) is 4.83. The van der Waals surface area contributed by atoms with Gasteiger partial charge in [0, 0.05) is 17.4 Å². The summed E-state index contributed by atoms with van der Waals surface area (Å²) in [5.41, 5.74) is 3.15. The van der Waals surface area contributed by atoms with E-state index in [2.05, 4.69) is 46.7 Å². The summed E-state index contributed by atoms with van der Waals surface area (Å²) >= 11 is 0. The molecule has 0 atom stereocenters. The summed E-state index contributed by atoms with van der Waals surface area (Å²) in [6, 6.07) is 14.8. The van der Waals surface area contributed by atoms with E-state index in [0.717, 1.165) is 22.0 Å². The van der Waals surface area contributed by atoms with E-state index in [1.54, 1.807) is 24.4 Å². The van der Waals surface area contributed by atoms with Gasteiger partial charge in [-0.2, -0.15) is 0 Å². The SMILES string of the molecule is CNCNc1cccc(-c2c[nH]c(=O)c(NCN([O-])c3ccc(C(C)(C)C)cc3)c2)n1. The predicted octanol–water partition coefficient (Wildman–Crippen LogP) is 3.70. The fourth-order valence-corrected chi connectivity index (χ4v) is 3.01. The Labute approximate surface area is 182 Å². The number of benzene rings is 1. The van der Waals surface area contributed by atoms with E-state index < -0.39 is 0 Å². The van der Waals surface area contributed by atoms with Gasteiger partial charge in [-0.3, -0.25) is 4.79 Å². The number of hydrogen-bond acceptors (Lipinski definition) is 7. The normalized spacial score (nSPS) is 11.3. The van der Waals surface area contributed by atoms with Crippen molar-refractivity contribution in [2.45, 2.75) is 26.2 Å². The van der Waals surface area contributed by atoms with Crippen LogP contribution in [0.5, 0.6) is 0 Å². The topological polar surface area (TPSA) is 108 Å². The van der Waals surface area contributed by atoms with E-state index in [1.807, 2.05) is 37.4 Å². The quantitative estimate of drug-likeness (QED) is 0.324. The van der Waals surface area contributed by atoms with E-state index >= 15 is 0 Å². The van der Waals surface area contributed by atoms with Gasteiger partial charge in [0.05, 0.1) is 19.0 Å². The highest BCUT2D eigenvalue weighted by Crippen LogP contribution is 2.25. The molecule has 0 saturated carbocycles. The number of nitrogens with one attached hydrogen (secondary N) is 4. The van der Waals surface area contributed by atoms with Crippen molar-refractivity contribution < 1.29 is 0 Å². The van der Waals surface area contributed by atoms with Gasteiger partial charge in [-0.25, -0.2) is 4.98 Å². The minimum atomic E-state index is -0.301. The van der Waals surface area contributed by atoms with Crippen LogP contribution in [-0.4, -0.2) is 30.4 Å². The molecule has 0 radical (unpaired) electrons. The Balaban J connectivity index is 1.72. The standard InChI is InChI=1S/C23H29N6O2/c1-23(2,3)17-8-10-18(11-9-17)29(31)15-27-20-12-16(13-25-22(20)30)19-6-5-7-21(28-19)26-14-24-4/h5-13,24,27H,14-15H2,1-4H3,(H,25,30)(H,26,28)/q-1. The monoisotopic (exact) mass is 421 g/mol. The van der Waals surface area contributed by atoms with Crippen LogP contribution in [0.1, 0.15) is 26.3 Å². The minimum Gasteiger partial charge on any atom is -0.757 e. The molecule has 0 saturated heterocycles. The van der Waals surface area contributed by atoms with Crippen molar-refractivity contribution in [3.05, 3.63) is 75.9 Å². The summed E-state index contributed by atoms with van der Waals surface area (Å²) in [4.78, 5) is 19.5. The molecule has 1 aromatic carbocycles. The zero-order valence-electron chi connectivity index (χ0n) is 18.3. The van der Waals surface area contributed by atoms with Crippen LogP contribution in [0, 0.1) is 5.21 Å². The maximum atomic E-state index is 12.5. The first-order valence-corrected chi connectivity index (χ1v) is 10.2. The van der Waals surface area contributed by atoms with E-state index in [0.29, 0.717) is 23.7 Å². The Morgan fingerprint density at radius 2 is 1.84 bits per heavy atom. The molecule has 0 bridgehead atoms. The summed E-state index contributed by atoms with van der Waals surface area (Å²) < 4.78 is 0. The lowest BCUT2D eigenvalue weighted by atomic mass is 9.87. The maximum absolute atomic E-state index is 12.5. The van der Waals surface area contributed by atoms with Crippen LogP contribution in [0.15, 0.2) is 59.5 Å². The van der Waals surface area contributed by atoms with Gasteiger partial charge < -0.3 is 31.2 Å². The number of pyridine rings is 2. The van der Waals surface area contributed by atoms with Crippen LogP contribution in [0.2, 0.25) is 0 Å². The molecule has 3 aromatic rings. The lowest BCUT2D eigenvalue weighted by molar-refractivity contribution is 0.590. The number of hydrogen-bond donors (Lipinski definition) is 4. The largest absolute Gasteiger partial charge is 0.757 e. The number of hydroxylamine groups is 1. The first-order valence-electron chi connectivity index (χ1n) is 10.2. The van der Waals surface area contributed by atoms with Crippen molar-refractivity contribution in [3.8, 4) is 11.3 Å². The van der Waals surface area contributed by atoms with Gasteiger partial charge in [0.15, 0.2) is 0 Å². The van der Waals surface area contributed by atoms with Gasteiger partial charge in [-0.15, -0.1) is 0 Å². The number of anilines is 3. The lowest BCUT2D eigenvalue weighted by Crippen LogP contribution is -2.26. The van der Waals surface area contributed by atoms with Crippen molar-refractivity contribution in [2.75, 3.05) is 36.1 Å². The zero-order valence-corrected chi connectivity index (χ0v) is 18.3. The second-order valence-corrected chi connectivity index (χ2v) is 8.26. The summed E-state index contributed by atoms with van der Waals surface area (Å²) in [6.45, 7) is 6.90. The molecule has 0 unspecified atom stereocenters. The summed E-state index contributed by atoms with van der Waals surface area (Å²) in [5.74, 6) is 0.719. The average Bonchev–Trinajstić information content (AvgIpc) is 2.76. The molecule has 4 N–H and O–H groups in total. The highest BCUT2D eigenvalue weighted by Gasteiger charge is 2.13. The van der Waals surface area contributed by atoms with E-state index in [4.69, 9.17) is 0 Å². The van der Waals surface area contributed by atoms with Gasteiger partial charge in [0.25, 0.3) is 5.56 Å². The van der Waals surface area contributed by atoms with Crippen molar-refractivity contribution in [3.63, 3.8) is 0 Å². The second-order valence-electron chi connectivity index (χ2n) is 8.26. The van der Waals surface area contributed by atoms with Gasteiger partial charge >= 0.3 is 0 Å². The molecule has 0 aliphatic rings. The first kappa shape index (κ1) is 22.3. The Morgan fingerprint density at radius 1 is 1.10 bits per heavy atom. The molecule has 0 fully saturated rings. The summed E-state index contributed by atoms with van der Waals surface area (Å²) in [7, 11) is 1.84. The first-order chi connectivity index (χ1) is 14.8. The van der Waals surface area contributed by atoms with Crippen LogP contribution >= 0.6 is 0 Å². The number of rotatable bonds is 8. The smallest absolute Gasteiger partial charge is 0.271 e. The van der Waals surface area contributed by atoms with E-state index in [-0.39, 0.29) is 17.6 Å². The van der Waals surface area contributed by atoms with Crippen molar-refractivity contribution >= 4 is 17.2 Å². The van der Waals surface area contributed by atoms with Gasteiger partial charge in [-0.1, -0.05) is 39.0 Å². The highest BCUT2D eigenvalue weighted by atomic mass is 16.5. The molecule has 3 rings (SSSR count). The third kappa shape index (κ3) is 5.84. The Kier molecular flexibility index (Phi) is 6.94. The van der Waals surface area contributed by atoms with Gasteiger partial charge in [0.1, 0.15) is 11.5 Å². The predicted molar refractivity (Wildman–Crippen MR) is 127 cm³/mol. The molecule has 0 amide bonds. The van der Waals surface area contributed by atoms with Gasteiger partial charge in [-0.05, 0) is 48.4 Å². The second kappa shape index (κ2) is 9.63. The maximum Gasteiger partial charge on any atom is 0.271 e. The summed E-state index contributed by atoms with van der Waals surface area (Å²) in [6.07, 6.45) is 1.61. The van der Waals surface area contributed by atoms with Crippen molar-refractivity contribution in [2.24, 2.45) is 0 Å². The molecule has 2 heterocycles. The van der Waals surface area contributed by atoms with Crippen LogP contribution in [0.4, 0.5) is 17.2 Å². The molecule has 2 aromatic heterocycles. The average molecular weight is 422 g/mol. The molecule has 164 valence electrons. The Hall–Kier alpha value is -3.36. The Bertz CT molecular complexity index is 1060. The summed E-state index contributed by atoms with van der Waals surface area (Å²) in [5, 5.41) is 22.4. The molecule has 8 heteroatoms. The van der Waals surface area contributed by atoms with Crippen LogP contribution in [-0.2, 0) is 5.41 Å². The fourth-order valence-electron chi connectivity index (χ4n) is 3.01. The van der Waals surface area contributed by atoms with Gasteiger partial charge in [0.2, 0.25) is 0 Å². The molecular formula is C23H29N6O2-. The number of nitrogens with zero attached hydrogens (tertiary/aromatic N) is 2. The molecular weight excluding hydrogens is 392 g/mol. The van der Waals surface area contributed by atoms with Crippen LogP contribution in [0.3, 0.4) is 0 Å². The highest BCUT2D eigenvalue weighted by molar-refractivity contribution is 5.65. The van der Waals surface area contributed by atoms with E-state index in [1.165, 1.54) is 0 Å². The molecule has 0 spiro atoms.